The molecule has 5 rings (SSSR count). The quantitative estimate of drug-likeness (QED) is 0.704. The number of likely N-dealkylation sites (tertiary alicyclic amines) is 1. The first-order valence-electron chi connectivity index (χ1n) is 10.8. The van der Waals surface area contributed by atoms with Crippen LogP contribution in [0, 0.1) is 25.7 Å². The Bertz CT molecular complexity index is 1130. The van der Waals surface area contributed by atoms with Gasteiger partial charge in [-0.25, -0.2) is 0 Å². The Kier molecular flexibility index (Phi) is 5.06. The molecule has 1 aliphatic carbocycles. The first-order valence-corrected chi connectivity index (χ1v) is 10.8. The van der Waals surface area contributed by atoms with Crippen LogP contribution in [0.15, 0.2) is 42.7 Å². The lowest BCUT2D eigenvalue weighted by molar-refractivity contribution is -0.0236. The fourth-order valence-corrected chi connectivity index (χ4v) is 4.98. The van der Waals surface area contributed by atoms with E-state index in [0.717, 1.165) is 23.3 Å². The average molecular weight is 418 g/mol. The molecule has 2 aliphatic rings. The second-order valence-corrected chi connectivity index (χ2v) is 8.69. The number of aliphatic hydroxyl groups excluding tert-OH is 1. The van der Waals surface area contributed by atoms with Crippen molar-refractivity contribution < 1.29 is 14.6 Å². The molecule has 1 aromatic carbocycles. The van der Waals surface area contributed by atoms with Gasteiger partial charge in [0.1, 0.15) is 17.4 Å². The average Bonchev–Trinajstić information content (AvgIpc) is 3.17. The molecule has 0 radical (unpaired) electrons. The highest BCUT2D eigenvalue weighted by molar-refractivity contribution is 6.04. The summed E-state index contributed by atoms with van der Waals surface area (Å²) in [6.45, 7) is 5.18. The highest BCUT2D eigenvalue weighted by atomic mass is 16.5. The lowest BCUT2D eigenvalue weighted by Crippen LogP contribution is -2.42. The molecule has 1 saturated carbocycles. The van der Waals surface area contributed by atoms with Crippen LogP contribution >= 0.6 is 0 Å². The summed E-state index contributed by atoms with van der Waals surface area (Å²) in [4.78, 5) is 28.3. The molecule has 31 heavy (non-hydrogen) atoms. The van der Waals surface area contributed by atoms with E-state index >= 15 is 0 Å². The second kappa shape index (κ2) is 7.89. The van der Waals surface area contributed by atoms with Crippen molar-refractivity contribution in [3.8, 4) is 5.75 Å². The zero-order valence-electron chi connectivity index (χ0n) is 17.7. The van der Waals surface area contributed by atoms with Crippen molar-refractivity contribution in [1.29, 1.82) is 0 Å². The van der Waals surface area contributed by atoms with Crippen LogP contribution in [0.3, 0.4) is 0 Å². The van der Waals surface area contributed by atoms with E-state index in [-0.39, 0.29) is 17.9 Å². The number of benzene rings is 1. The van der Waals surface area contributed by atoms with Crippen LogP contribution in [0.5, 0.6) is 5.75 Å². The number of rotatable bonds is 3. The van der Waals surface area contributed by atoms with Crippen LogP contribution < -0.4 is 4.74 Å². The Hall–Kier alpha value is -3.06. The van der Waals surface area contributed by atoms with Crippen LogP contribution in [0.25, 0.3) is 11.0 Å². The predicted octanol–water partition coefficient (Wildman–Crippen LogP) is 2.93. The molecular weight excluding hydrogens is 392 g/mol. The van der Waals surface area contributed by atoms with E-state index in [1.54, 1.807) is 12.4 Å². The molecule has 7 heteroatoms. The first kappa shape index (κ1) is 19.9. The lowest BCUT2D eigenvalue weighted by atomic mass is 9.78. The number of aryl methyl sites for hydroxylation is 2. The summed E-state index contributed by atoms with van der Waals surface area (Å²) in [5, 5.41) is 10.7. The van der Waals surface area contributed by atoms with Gasteiger partial charge in [-0.2, -0.15) is 0 Å². The summed E-state index contributed by atoms with van der Waals surface area (Å²) in [6.07, 6.45) is 3.76. The fraction of sp³-hybridized carbons (Fsp3) is 0.417. The van der Waals surface area contributed by atoms with Crippen molar-refractivity contribution in [1.82, 2.24) is 19.9 Å². The van der Waals surface area contributed by atoms with Gasteiger partial charge in [0, 0.05) is 31.2 Å². The minimum atomic E-state index is -0.555. The van der Waals surface area contributed by atoms with Gasteiger partial charge in [0.15, 0.2) is 0 Å². The summed E-state index contributed by atoms with van der Waals surface area (Å²) >= 11 is 0. The molecule has 3 heterocycles. The third-order valence-corrected chi connectivity index (χ3v) is 6.56. The van der Waals surface area contributed by atoms with E-state index in [0.29, 0.717) is 42.3 Å². The van der Waals surface area contributed by atoms with Gasteiger partial charge in [0.2, 0.25) is 0 Å². The molecule has 0 bridgehead atoms. The fourth-order valence-electron chi connectivity index (χ4n) is 4.98. The van der Waals surface area contributed by atoms with Crippen molar-refractivity contribution in [2.45, 2.75) is 38.9 Å². The standard InChI is InChI=1S/C24H26N4O3/c1-14-6-7-21(15(2)27-14)31-22-11-17-13-28(12-16(17)10-20(22)29)24(30)18-4-3-5-19-23(18)26-9-8-25-19/h3-9,16-17,20,22,29H,10-13H2,1-2H3/t16-,17+,20+,22+/m0/s1. The molecule has 0 unspecified atom stereocenters. The van der Waals surface area contributed by atoms with Gasteiger partial charge in [-0.3, -0.25) is 19.7 Å². The highest BCUT2D eigenvalue weighted by Crippen LogP contribution is 2.39. The maximum atomic E-state index is 13.3. The Morgan fingerprint density at radius 1 is 1.06 bits per heavy atom. The second-order valence-electron chi connectivity index (χ2n) is 8.69. The largest absolute Gasteiger partial charge is 0.486 e. The van der Waals surface area contributed by atoms with E-state index in [9.17, 15) is 9.90 Å². The third-order valence-electron chi connectivity index (χ3n) is 6.56. The van der Waals surface area contributed by atoms with E-state index in [4.69, 9.17) is 4.74 Å². The zero-order valence-corrected chi connectivity index (χ0v) is 17.7. The number of aliphatic hydroxyl groups is 1. The first-order chi connectivity index (χ1) is 15.0. The molecule has 160 valence electrons. The molecule has 7 nitrogen and oxygen atoms in total. The molecule has 1 saturated heterocycles. The van der Waals surface area contributed by atoms with Gasteiger partial charge in [0.25, 0.3) is 5.91 Å². The molecule has 0 spiro atoms. The summed E-state index contributed by atoms with van der Waals surface area (Å²) in [5.74, 6) is 1.27. The van der Waals surface area contributed by atoms with E-state index in [1.807, 2.05) is 49.1 Å². The molecule has 1 aliphatic heterocycles. The topological polar surface area (TPSA) is 88.4 Å². The van der Waals surface area contributed by atoms with Crippen molar-refractivity contribution in [2.24, 2.45) is 11.8 Å². The van der Waals surface area contributed by atoms with Gasteiger partial charge >= 0.3 is 0 Å². The number of amides is 1. The summed E-state index contributed by atoms with van der Waals surface area (Å²) in [6, 6.07) is 9.36. The normalized spacial score (nSPS) is 25.5. The monoisotopic (exact) mass is 418 g/mol. The van der Waals surface area contributed by atoms with Crippen molar-refractivity contribution >= 4 is 16.9 Å². The van der Waals surface area contributed by atoms with Crippen molar-refractivity contribution in [3.05, 3.63) is 59.7 Å². The number of aromatic nitrogens is 3. The Morgan fingerprint density at radius 3 is 2.65 bits per heavy atom. The summed E-state index contributed by atoms with van der Waals surface area (Å²) < 4.78 is 6.17. The maximum absolute atomic E-state index is 13.3. The molecule has 4 atom stereocenters. The van der Waals surface area contributed by atoms with Crippen LogP contribution in [0.2, 0.25) is 0 Å². The van der Waals surface area contributed by atoms with Gasteiger partial charge in [-0.05, 0) is 62.8 Å². The van der Waals surface area contributed by atoms with E-state index in [1.165, 1.54) is 0 Å². The van der Waals surface area contributed by atoms with Crippen LogP contribution in [0.4, 0.5) is 0 Å². The maximum Gasteiger partial charge on any atom is 0.256 e. The van der Waals surface area contributed by atoms with Crippen molar-refractivity contribution in [3.63, 3.8) is 0 Å². The van der Waals surface area contributed by atoms with Gasteiger partial charge in [-0.15, -0.1) is 0 Å². The molecular formula is C24H26N4O3. The van der Waals surface area contributed by atoms with E-state index < -0.39 is 6.10 Å². The SMILES string of the molecule is Cc1ccc(O[C@@H]2C[C@@H]3CN(C(=O)c4cccc5nccnc45)C[C@@H]3C[C@H]2O)c(C)n1. The Balaban J connectivity index is 1.32. The summed E-state index contributed by atoms with van der Waals surface area (Å²) in [5.41, 5.74) is 3.70. The lowest BCUT2D eigenvalue weighted by Gasteiger charge is -2.35. The Labute approximate surface area is 181 Å². The number of carbonyl (C=O) groups is 1. The molecule has 2 fully saturated rings. The number of para-hydroxylation sites is 1. The molecule has 1 N–H and O–H groups in total. The smallest absolute Gasteiger partial charge is 0.256 e. The predicted molar refractivity (Wildman–Crippen MR) is 116 cm³/mol. The van der Waals surface area contributed by atoms with Crippen LogP contribution in [-0.4, -0.2) is 56.2 Å². The third kappa shape index (κ3) is 3.74. The Morgan fingerprint density at radius 2 is 1.84 bits per heavy atom. The van der Waals surface area contributed by atoms with Gasteiger partial charge in [-0.1, -0.05) is 6.07 Å². The van der Waals surface area contributed by atoms with Gasteiger partial charge < -0.3 is 14.7 Å². The number of fused-ring (bicyclic) bond motifs is 2. The number of pyridine rings is 1. The number of hydrogen-bond acceptors (Lipinski definition) is 6. The van der Waals surface area contributed by atoms with Crippen molar-refractivity contribution in [2.75, 3.05) is 13.1 Å². The highest BCUT2D eigenvalue weighted by Gasteiger charge is 2.44. The van der Waals surface area contributed by atoms with Crippen LogP contribution in [-0.2, 0) is 0 Å². The van der Waals surface area contributed by atoms with E-state index in [2.05, 4.69) is 15.0 Å². The molecule has 1 amide bonds. The zero-order chi connectivity index (χ0) is 21.5. The molecule has 2 aromatic heterocycles. The van der Waals surface area contributed by atoms with Crippen LogP contribution in [0.1, 0.15) is 34.6 Å². The number of ether oxygens (including phenoxy) is 1. The van der Waals surface area contributed by atoms with Gasteiger partial charge in [0.05, 0.1) is 22.9 Å². The number of hydrogen-bond donors (Lipinski definition) is 1. The summed E-state index contributed by atoms with van der Waals surface area (Å²) in [7, 11) is 0. The minimum Gasteiger partial charge on any atom is -0.486 e. The number of carbonyl (C=O) groups excluding carboxylic acids is 1. The minimum absolute atomic E-state index is 0.0222. The molecule has 3 aromatic rings. The number of nitrogens with zero attached hydrogens (tertiary/aromatic N) is 4.